The zero-order chi connectivity index (χ0) is 19.8. The lowest BCUT2D eigenvalue weighted by molar-refractivity contribution is -0.138. The van der Waals surface area contributed by atoms with Gasteiger partial charge in [-0.2, -0.15) is 0 Å². The van der Waals surface area contributed by atoms with Gasteiger partial charge in [0.05, 0.1) is 11.2 Å². The number of para-hydroxylation sites is 1. The van der Waals surface area contributed by atoms with Crippen molar-refractivity contribution in [3.05, 3.63) is 59.8 Å². The summed E-state index contributed by atoms with van der Waals surface area (Å²) >= 11 is 0. The molecule has 28 heavy (non-hydrogen) atoms. The Morgan fingerprint density at radius 2 is 1.82 bits per heavy atom. The lowest BCUT2D eigenvalue weighted by Crippen LogP contribution is -2.35. The van der Waals surface area contributed by atoms with Crippen LogP contribution < -0.4 is 4.90 Å². The first-order valence-corrected chi connectivity index (χ1v) is 9.47. The summed E-state index contributed by atoms with van der Waals surface area (Å²) in [5.74, 6) is -1.95. The summed E-state index contributed by atoms with van der Waals surface area (Å²) in [6, 6.07) is 10.6. The number of carboxylic acid groups (broad SMARTS) is 1. The van der Waals surface area contributed by atoms with Crippen LogP contribution in [0.3, 0.4) is 0 Å². The van der Waals surface area contributed by atoms with Crippen molar-refractivity contribution in [1.82, 2.24) is 4.57 Å². The number of carbonyl (C=O) groups is 1. The number of aliphatic carboxylic acids is 1. The lowest BCUT2D eigenvalue weighted by Gasteiger charge is -2.33. The minimum atomic E-state index is -0.825. The van der Waals surface area contributed by atoms with Gasteiger partial charge in [0, 0.05) is 43.2 Å². The van der Waals surface area contributed by atoms with Crippen LogP contribution in [0, 0.1) is 24.5 Å². The van der Waals surface area contributed by atoms with Gasteiger partial charge in [-0.25, -0.2) is 8.78 Å². The predicted molar refractivity (Wildman–Crippen MR) is 105 cm³/mol. The first-order valence-electron chi connectivity index (χ1n) is 9.47. The quantitative estimate of drug-likeness (QED) is 0.695. The van der Waals surface area contributed by atoms with E-state index in [9.17, 15) is 13.6 Å². The summed E-state index contributed by atoms with van der Waals surface area (Å²) < 4.78 is 31.6. The molecular weight excluding hydrogens is 362 g/mol. The van der Waals surface area contributed by atoms with Crippen LogP contribution in [0.25, 0.3) is 16.6 Å². The van der Waals surface area contributed by atoms with Gasteiger partial charge < -0.3 is 14.6 Å². The monoisotopic (exact) mass is 384 g/mol. The number of fused-ring (bicyclic) bond motifs is 1. The molecular formula is C22H22F2N2O2. The highest BCUT2D eigenvalue weighted by atomic mass is 19.1. The zero-order valence-corrected chi connectivity index (χ0v) is 15.7. The Kier molecular flexibility index (Phi) is 4.79. The number of benzene rings is 2. The molecule has 6 heteroatoms. The Hall–Kier alpha value is -2.89. The molecule has 4 rings (SSSR count). The third kappa shape index (κ3) is 3.35. The van der Waals surface area contributed by atoms with Crippen molar-refractivity contribution in [2.24, 2.45) is 5.92 Å². The average Bonchev–Trinajstić information content (AvgIpc) is 3.07. The molecule has 0 unspecified atom stereocenters. The standard InChI is InChI=1S/C22H22F2N2O2/c1-14-3-2-4-16-7-10-26(21(14)16)17-12-18(23)22(19(24)13-17)25-8-5-15(6-9-25)11-20(27)28/h2-4,7,10,12-13,15H,5-6,8-9,11H2,1H3,(H,27,28). The molecule has 0 aliphatic carbocycles. The molecule has 1 N–H and O–H groups in total. The number of carboxylic acids is 1. The Bertz CT molecular complexity index is 1010. The highest BCUT2D eigenvalue weighted by Gasteiger charge is 2.25. The fourth-order valence-electron chi connectivity index (χ4n) is 4.19. The van der Waals surface area contributed by atoms with Crippen LogP contribution in [0.1, 0.15) is 24.8 Å². The van der Waals surface area contributed by atoms with E-state index in [1.165, 1.54) is 12.1 Å². The maximum Gasteiger partial charge on any atom is 0.303 e. The van der Waals surface area contributed by atoms with Crippen LogP contribution in [0.2, 0.25) is 0 Å². The third-order valence-electron chi connectivity index (χ3n) is 5.59. The van der Waals surface area contributed by atoms with Crippen molar-refractivity contribution in [3.63, 3.8) is 0 Å². The number of anilines is 1. The highest BCUT2D eigenvalue weighted by Crippen LogP contribution is 2.32. The molecule has 0 radical (unpaired) electrons. The second kappa shape index (κ2) is 7.26. The highest BCUT2D eigenvalue weighted by molar-refractivity contribution is 5.85. The first-order chi connectivity index (χ1) is 13.4. The number of halogens is 2. The van der Waals surface area contributed by atoms with E-state index in [2.05, 4.69) is 0 Å². The lowest BCUT2D eigenvalue weighted by atomic mass is 9.93. The van der Waals surface area contributed by atoms with Crippen molar-refractivity contribution in [1.29, 1.82) is 0 Å². The topological polar surface area (TPSA) is 45.5 Å². The zero-order valence-electron chi connectivity index (χ0n) is 15.7. The van der Waals surface area contributed by atoms with Crippen molar-refractivity contribution >= 4 is 22.6 Å². The molecule has 146 valence electrons. The molecule has 0 atom stereocenters. The van der Waals surface area contributed by atoms with E-state index in [1.807, 2.05) is 37.4 Å². The average molecular weight is 384 g/mol. The van der Waals surface area contributed by atoms with Gasteiger partial charge in [0.15, 0.2) is 11.6 Å². The summed E-state index contributed by atoms with van der Waals surface area (Å²) in [6.45, 7) is 2.88. The van der Waals surface area contributed by atoms with E-state index in [-0.39, 0.29) is 18.0 Å². The summed E-state index contributed by atoms with van der Waals surface area (Å²) in [5, 5.41) is 9.94. The van der Waals surface area contributed by atoms with E-state index in [1.54, 1.807) is 9.47 Å². The number of aryl methyl sites for hydroxylation is 1. The van der Waals surface area contributed by atoms with Crippen LogP contribution in [-0.4, -0.2) is 28.7 Å². The Morgan fingerprint density at radius 3 is 2.46 bits per heavy atom. The van der Waals surface area contributed by atoms with Crippen LogP contribution in [-0.2, 0) is 4.79 Å². The largest absolute Gasteiger partial charge is 0.481 e. The molecule has 0 spiro atoms. The molecule has 2 aromatic carbocycles. The van der Waals surface area contributed by atoms with Gasteiger partial charge in [-0.15, -0.1) is 0 Å². The molecule has 0 saturated carbocycles. The van der Waals surface area contributed by atoms with E-state index < -0.39 is 17.6 Å². The summed E-state index contributed by atoms with van der Waals surface area (Å²) in [4.78, 5) is 12.5. The number of rotatable bonds is 4. The van der Waals surface area contributed by atoms with Gasteiger partial charge in [0.2, 0.25) is 0 Å². The number of nitrogens with zero attached hydrogens (tertiary/aromatic N) is 2. The second-order valence-electron chi connectivity index (χ2n) is 7.48. The van der Waals surface area contributed by atoms with Gasteiger partial charge in [-0.3, -0.25) is 4.79 Å². The van der Waals surface area contributed by atoms with E-state index in [0.717, 1.165) is 16.5 Å². The molecule has 1 aliphatic heterocycles. The van der Waals surface area contributed by atoms with Crippen molar-refractivity contribution < 1.29 is 18.7 Å². The molecule has 4 nitrogen and oxygen atoms in total. The molecule has 1 aliphatic rings. The SMILES string of the molecule is Cc1cccc2ccn(-c3cc(F)c(N4CCC(CC(=O)O)CC4)c(F)c3)c12. The van der Waals surface area contributed by atoms with E-state index >= 15 is 0 Å². The molecule has 3 aromatic rings. The van der Waals surface area contributed by atoms with Gasteiger partial charge in [-0.1, -0.05) is 18.2 Å². The van der Waals surface area contributed by atoms with Gasteiger partial charge in [0.25, 0.3) is 0 Å². The van der Waals surface area contributed by atoms with Gasteiger partial charge >= 0.3 is 5.97 Å². The maximum absolute atomic E-state index is 14.9. The number of hydrogen-bond donors (Lipinski definition) is 1. The third-order valence-corrected chi connectivity index (χ3v) is 5.59. The summed E-state index contributed by atoms with van der Waals surface area (Å²) in [7, 11) is 0. The fourth-order valence-corrected chi connectivity index (χ4v) is 4.19. The van der Waals surface area contributed by atoms with Crippen LogP contribution in [0.5, 0.6) is 0 Å². The normalized spacial score (nSPS) is 15.3. The Labute approximate surface area is 162 Å². The minimum absolute atomic E-state index is 0.0225. The maximum atomic E-state index is 14.9. The Balaban J connectivity index is 1.63. The van der Waals surface area contributed by atoms with Crippen molar-refractivity contribution in [2.45, 2.75) is 26.2 Å². The van der Waals surface area contributed by atoms with Crippen molar-refractivity contribution in [3.8, 4) is 5.69 Å². The summed E-state index contributed by atoms with van der Waals surface area (Å²) in [6.07, 6.45) is 3.17. The van der Waals surface area contributed by atoms with Crippen LogP contribution in [0.4, 0.5) is 14.5 Å². The molecule has 1 saturated heterocycles. The molecule has 1 fully saturated rings. The molecule has 0 bridgehead atoms. The fraction of sp³-hybridized carbons (Fsp3) is 0.318. The smallest absolute Gasteiger partial charge is 0.303 e. The molecule has 0 amide bonds. The second-order valence-corrected chi connectivity index (χ2v) is 7.48. The summed E-state index contributed by atoms with van der Waals surface area (Å²) in [5.41, 5.74) is 2.39. The van der Waals surface area contributed by atoms with Crippen molar-refractivity contribution in [2.75, 3.05) is 18.0 Å². The van der Waals surface area contributed by atoms with E-state index in [4.69, 9.17) is 5.11 Å². The first kappa shape index (κ1) is 18.5. The minimum Gasteiger partial charge on any atom is -0.481 e. The number of hydrogen-bond acceptors (Lipinski definition) is 2. The predicted octanol–water partition coefficient (Wildman–Crippen LogP) is 4.91. The molecule has 2 heterocycles. The number of piperidine rings is 1. The van der Waals surface area contributed by atoms with Gasteiger partial charge in [-0.05, 0) is 37.3 Å². The Morgan fingerprint density at radius 1 is 1.14 bits per heavy atom. The number of aromatic nitrogens is 1. The van der Waals surface area contributed by atoms with E-state index in [0.29, 0.717) is 31.6 Å². The van der Waals surface area contributed by atoms with Gasteiger partial charge in [0.1, 0.15) is 5.69 Å². The van der Waals surface area contributed by atoms with Crippen LogP contribution >= 0.6 is 0 Å². The molecule has 1 aromatic heterocycles. The van der Waals surface area contributed by atoms with Crippen LogP contribution in [0.15, 0.2) is 42.6 Å².